The number of nitrogens with one attached hydrogen (secondary N) is 1. The van der Waals surface area contributed by atoms with E-state index in [-0.39, 0.29) is 59.4 Å². The molecule has 2 aromatic heterocycles. The van der Waals surface area contributed by atoms with E-state index in [1.165, 1.54) is 28.9 Å². The van der Waals surface area contributed by atoms with Crippen LogP contribution < -0.4 is 5.32 Å². The molecule has 9 nitrogen and oxygen atoms in total. The predicted molar refractivity (Wildman–Crippen MR) is 162 cm³/mol. The number of carbonyl (C=O) groups excluding carboxylic acids is 3. The molecule has 1 aliphatic heterocycles. The molecule has 1 N–H and O–H groups in total. The van der Waals surface area contributed by atoms with Gasteiger partial charge in [0.2, 0.25) is 17.6 Å². The van der Waals surface area contributed by atoms with Crippen LogP contribution in [0.2, 0.25) is 0 Å². The molecule has 3 aromatic rings. The summed E-state index contributed by atoms with van der Waals surface area (Å²) in [4.78, 5) is 52.9. The average Bonchev–Trinajstić information content (AvgIpc) is 3.68. The summed E-state index contributed by atoms with van der Waals surface area (Å²) >= 11 is 0. The maximum absolute atomic E-state index is 14.2. The highest BCUT2D eigenvalue weighted by atomic mass is 19.1. The van der Waals surface area contributed by atoms with Crippen LogP contribution in [0.5, 0.6) is 0 Å². The normalized spacial score (nSPS) is 18.7. The van der Waals surface area contributed by atoms with Gasteiger partial charge in [-0.1, -0.05) is 45.2 Å². The van der Waals surface area contributed by atoms with Crippen molar-refractivity contribution in [2.24, 2.45) is 11.8 Å². The van der Waals surface area contributed by atoms with E-state index in [1.807, 2.05) is 18.7 Å². The molecule has 2 aliphatic rings. The zero-order chi connectivity index (χ0) is 31.2. The number of aromatic nitrogens is 3. The Labute approximate surface area is 257 Å². The first kappa shape index (κ1) is 31.5. The van der Waals surface area contributed by atoms with E-state index >= 15 is 0 Å². The number of hydrogen-bond acceptors (Lipinski definition) is 5. The van der Waals surface area contributed by atoms with Gasteiger partial charge in [-0.15, -0.1) is 0 Å². The maximum atomic E-state index is 14.2. The van der Waals surface area contributed by atoms with Crippen LogP contribution in [0, 0.1) is 23.5 Å². The Balaban J connectivity index is 1.37. The molecule has 0 bridgehead atoms. The summed E-state index contributed by atoms with van der Waals surface area (Å²) in [5, 5.41) is 3.12. The molecule has 3 atom stereocenters. The van der Waals surface area contributed by atoms with Crippen LogP contribution in [0.4, 0.5) is 8.78 Å². The molecule has 1 saturated carbocycles. The highest BCUT2D eigenvalue weighted by Gasteiger charge is 2.39. The molecule has 1 aromatic carbocycles. The summed E-state index contributed by atoms with van der Waals surface area (Å²) in [5.41, 5.74) is 0.992. The third-order valence-corrected chi connectivity index (χ3v) is 9.20. The Bertz CT molecular complexity index is 1460. The Kier molecular flexibility index (Phi) is 10.2. The van der Waals surface area contributed by atoms with Crippen molar-refractivity contribution in [3.63, 3.8) is 0 Å². The van der Waals surface area contributed by atoms with E-state index in [1.54, 1.807) is 17.0 Å². The van der Waals surface area contributed by atoms with Gasteiger partial charge in [-0.25, -0.2) is 18.7 Å². The lowest BCUT2D eigenvalue weighted by atomic mass is 9.83. The van der Waals surface area contributed by atoms with E-state index in [9.17, 15) is 23.2 Å². The lowest BCUT2D eigenvalue weighted by Gasteiger charge is -2.37. The van der Waals surface area contributed by atoms with Crippen molar-refractivity contribution < 1.29 is 23.2 Å². The van der Waals surface area contributed by atoms with Gasteiger partial charge in [0.15, 0.2) is 5.82 Å². The van der Waals surface area contributed by atoms with E-state index in [2.05, 4.69) is 15.3 Å². The zero-order valence-electron chi connectivity index (χ0n) is 25.6. The van der Waals surface area contributed by atoms with Crippen LogP contribution in [0.15, 0.2) is 42.9 Å². The number of fused-ring (bicyclic) bond motifs is 1. The average molecular weight is 609 g/mol. The third-order valence-electron chi connectivity index (χ3n) is 9.20. The minimum atomic E-state index is -0.583. The van der Waals surface area contributed by atoms with Gasteiger partial charge in [-0.2, -0.15) is 0 Å². The van der Waals surface area contributed by atoms with Crippen molar-refractivity contribution in [3.05, 3.63) is 65.7 Å². The monoisotopic (exact) mass is 608 g/mol. The van der Waals surface area contributed by atoms with Gasteiger partial charge < -0.3 is 15.1 Å². The smallest absolute Gasteiger partial charge is 0.274 e. The highest BCUT2D eigenvalue weighted by Crippen LogP contribution is 2.30. The number of amides is 3. The second-order valence-corrected chi connectivity index (χ2v) is 12.3. The SMILES string of the molecule is CC[C@@H](C)C(=O)N[C@H](C(=O)N1CCC[C@H]1CN(CCc1ccc(F)cc1)C(=O)c1cn2cc(F)cnc2n1)C1CCCCC1. The van der Waals surface area contributed by atoms with E-state index in [4.69, 9.17) is 0 Å². The number of hydrogen-bond donors (Lipinski definition) is 1. The van der Waals surface area contributed by atoms with Crippen LogP contribution >= 0.6 is 0 Å². The summed E-state index contributed by atoms with van der Waals surface area (Å²) in [5.74, 6) is -1.29. The van der Waals surface area contributed by atoms with Crippen molar-refractivity contribution >= 4 is 23.5 Å². The predicted octanol–water partition coefficient (Wildman–Crippen LogP) is 4.79. The fourth-order valence-corrected chi connectivity index (χ4v) is 6.39. The van der Waals surface area contributed by atoms with Gasteiger partial charge >= 0.3 is 0 Å². The minimum Gasteiger partial charge on any atom is -0.344 e. The fourth-order valence-electron chi connectivity index (χ4n) is 6.39. The van der Waals surface area contributed by atoms with Gasteiger partial charge in [0, 0.05) is 44.0 Å². The second-order valence-electron chi connectivity index (χ2n) is 12.3. The van der Waals surface area contributed by atoms with Crippen LogP contribution in [-0.4, -0.2) is 73.6 Å². The topological polar surface area (TPSA) is 99.9 Å². The molecule has 0 radical (unpaired) electrons. The molecule has 44 heavy (non-hydrogen) atoms. The van der Waals surface area contributed by atoms with E-state index < -0.39 is 11.9 Å². The van der Waals surface area contributed by atoms with Gasteiger partial charge in [-0.05, 0) is 62.1 Å². The Morgan fingerprint density at radius 2 is 1.77 bits per heavy atom. The highest BCUT2D eigenvalue weighted by molar-refractivity contribution is 5.93. The number of benzene rings is 1. The number of likely N-dealkylation sites (tertiary alicyclic amines) is 1. The molecule has 3 heterocycles. The van der Waals surface area contributed by atoms with Gasteiger partial charge in [0.1, 0.15) is 17.6 Å². The molecule has 3 amide bonds. The van der Waals surface area contributed by atoms with Crippen LogP contribution in [0.25, 0.3) is 5.78 Å². The Hall–Kier alpha value is -3.89. The Morgan fingerprint density at radius 1 is 1.02 bits per heavy atom. The maximum Gasteiger partial charge on any atom is 0.274 e. The standard InChI is InChI=1S/C33H42F2N6O3/c1-3-22(2)30(42)38-29(24-8-5-4-6-9-24)32(44)41-16-7-10-27(41)20-39(17-15-23-11-13-25(34)14-12-23)31(43)28-21-40-19-26(35)18-36-33(40)37-28/h11-14,18-19,21-22,24,27,29H,3-10,15-17,20H2,1-2H3,(H,38,42)/t22-,27+,29+/m1/s1. The number of nitrogens with zero attached hydrogens (tertiary/aromatic N) is 5. The third kappa shape index (κ3) is 7.42. The van der Waals surface area contributed by atoms with Crippen molar-refractivity contribution in [2.75, 3.05) is 19.6 Å². The van der Waals surface area contributed by atoms with Crippen molar-refractivity contribution in [1.29, 1.82) is 0 Å². The lowest BCUT2D eigenvalue weighted by Crippen LogP contribution is -2.56. The molecular weight excluding hydrogens is 566 g/mol. The van der Waals surface area contributed by atoms with Gasteiger partial charge in [0.05, 0.1) is 6.20 Å². The molecule has 5 rings (SSSR count). The minimum absolute atomic E-state index is 0.0746. The van der Waals surface area contributed by atoms with Gasteiger partial charge in [0.25, 0.3) is 5.91 Å². The molecule has 0 spiro atoms. The summed E-state index contributed by atoms with van der Waals surface area (Å²) in [7, 11) is 0. The summed E-state index contributed by atoms with van der Waals surface area (Å²) < 4.78 is 28.7. The fraction of sp³-hybridized carbons (Fsp3) is 0.545. The first-order valence-corrected chi connectivity index (χ1v) is 15.9. The molecule has 1 aliphatic carbocycles. The van der Waals surface area contributed by atoms with Crippen LogP contribution in [0.3, 0.4) is 0 Å². The van der Waals surface area contributed by atoms with Crippen molar-refractivity contribution in [2.45, 2.75) is 83.7 Å². The largest absolute Gasteiger partial charge is 0.344 e. The summed E-state index contributed by atoms with van der Waals surface area (Å²) in [6.07, 6.45) is 11.4. The quantitative estimate of drug-likeness (QED) is 0.337. The number of rotatable bonds is 11. The number of halogens is 2. The van der Waals surface area contributed by atoms with E-state index in [0.29, 0.717) is 25.9 Å². The number of imidazole rings is 1. The van der Waals surface area contributed by atoms with Crippen LogP contribution in [0.1, 0.15) is 81.3 Å². The van der Waals surface area contributed by atoms with Crippen molar-refractivity contribution in [3.8, 4) is 0 Å². The van der Waals surface area contributed by atoms with E-state index in [0.717, 1.165) is 56.7 Å². The molecule has 1 saturated heterocycles. The van der Waals surface area contributed by atoms with Gasteiger partial charge in [-0.3, -0.25) is 18.8 Å². The lowest BCUT2D eigenvalue weighted by molar-refractivity contribution is -0.140. The molecule has 2 fully saturated rings. The first-order chi connectivity index (χ1) is 21.2. The molecule has 11 heteroatoms. The van der Waals surface area contributed by atoms with Crippen LogP contribution in [-0.2, 0) is 16.0 Å². The summed E-state index contributed by atoms with van der Waals surface area (Å²) in [6.45, 7) is 4.99. The number of carbonyl (C=O) groups is 3. The summed E-state index contributed by atoms with van der Waals surface area (Å²) in [6, 6.07) is 5.34. The second kappa shape index (κ2) is 14.3. The zero-order valence-corrected chi connectivity index (χ0v) is 25.6. The Morgan fingerprint density at radius 3 is 2.50 bits per heavy atom. The molecule has 0 unspecified atom stereocenters. The van der Waals surface area contributed by atoms with Crippen molar-refractivity contribution in [1.82, 2.24) is 29.5 Å². The molecule has 236 valence electrons. The first-order valence-electron chi connectivity index (χ1n) is 15.9. The molecular formula is C33H42F2N6O3.